The third-order valence-corrected chi connectivity index (χ3v) is 3.52. The van der Waals surface area contributed by atoms with Crippen molar-refractivity contribution in [3.63, 3.8) is 0 Å². The van der Waals surface area contributed by atoms with Crippen LogP contribution in [-0.2, 0) is 5.60 Å². The molecule has 1 unspecified atom stereocenters. The second kappa shape index (κ2) is 5.31. The minimum absolute atomic E-state index is 0.0408. The Kier molecular flexibility index (Phi) is 3.46. The van der Waals surface area contributed by atoms with E-state index in [0.717, 1.165) is 11.3 Å². The minimum Gasteiger partial charge on any atom is -0.466 e. The van der Waals surface area contributed by atoms with Gasteiger partial charge in [-0.15, -0.1) is 0 Å². The first-order chi connectivity index (χ1) is 10.5. The molecule has 3 N–H and O–H groups in total. The summed E-state index contributed by atoms with van der Waals surface area (Å²) >= 11 is 0. The molecule has 0 aliphatic carbocycles. The molecule has 1 atom stereocenters. The topological polar surface area (TPSA) is 91.2 Å². The van der Waals surface area contributed by atoms with Crippen molar-refractivity contribution in [2.24, 2.45) is 0 Å². The van der Waals surface area contributed by atoms with Gasteiger partial charge in [0.2, 0.25) is 0 Å². The van der Waals surface area contributed by atoms with Crippen LogP contribution in [0.2, 0.25) is 0 Å². The zero-order valence-corrected chi connectivity index (χ0v) is 12.4. The van der Waals surface area contributed by atoms with Crippen LogP contribution in [0.4, 0.5) is 0 Å². The summed E-state index contributed by atoms with van der Waals surface area (Å²) in [6.07, 6.45) is 1.48. The van der Waals surface area contributed by atoms with Crippen molar-refractivity contribution in [1.82, 2.24) is 15.3 Å². The molecule has 3 rings (SSSR count). The van der Waals surface area contributed by atoms with Gasteiger partial charge in [-0.05, 0) is 38.1 Å². The molecule has 22 heavy (non-hydrogen) atoms. The van der Waals surface area contributed by atoms with Gasteiger partial charge in [-0.25, -0.2) is 4.98 Å². The third-order valence-electron chi connectivity index (χ3n) is 3.52. The number of hydrogen-bond donors (Lipinski definition) is 3. The van der Waals surface area contributed by atoms with Crippen molar-refractivity contribution in [3.05, 3.63) is 53.7 Å². The summed E-state index contributed by atoms with van der Waals surface area (Å²) in [6, 6.07) is 8.73. The van der Waals surface area contributed by atoms with E-state index < -0.39 is 5.60 Å². The Morgan fingerprint density at radius 3 is 2.95 bits per heavy atom. The van der Waals surface area contributed by atoms with Crippen LogP contribution in [0.15, 0.2) is 41.0 Å². The predicted molar refractivity (Wildman–Crippen MR) is 81.4 cm³/mol. The Bertz CT molecular complexity index is 803. The normalized spacial score (nSPS) is 14.0. The van der Waals surface area contributed by atoms with Gasteiger partial charge in [0.25, 0.3) is 5.91 Å². The number of H-pyrrole nitrogens is 1. The van der Waals surface area contributed by atoms with Crippen molar-refractivity contribution in [2.45, 2.75) is 19.4 Å². The summed E-state index contributed by atoms with van der Waals surface area (Å²) in [5, 5.41) is 13.1. The number of imidazole rings is 1. The first-order valence-electron chi connectivity index (χ1n) is 6.97. The first-order valence-corrected chi connectivity index (χ1v) is 6.97. The van der Waals surface area contributed by atoms with E-state index in [1.807, 2.05) is 13.0 Å². The number of benzene rings is 1. The van der Waals surface area contributed by atoms with Gasteiger partial charge in [0.05, 0.1) is 23.9 Å². The van der Waals surface area contributed by atoms with Crippen molar-refractivity contribution in [1.29, 1.82) is 0 Å². The molecule has 0 aliphatic rings. The molecule has 1 amide bonds. The monoisotopic (exact) mass is 299 g/mol. The SMILES string of the molecule is Cc1nc2c(C(=O)NCC(C)(O)c3ccco3)cccc2[nH]1. The maximum absolute atomic E-state index is 12.4. The van der Waals surface area contributed by atoms with E-state index in [4.69, 9.17) is 4.42 Å². The van der Waals surface area contributed by atoms with Gasteiger partial charge in [0, 0.05) is 0 Å². The number of para-hydroxylation sites is 1. The number of hydrogen-bond acceptors (Lipinski definition) is 4. The number of aliphatic hydroxyl groups is 1. The molecule has 6 heteroatoms. The Morgan fingerprint density at radius 2 is 2.23 bits per heavy atom. The van der Waals surface area contributed by atoms with Gasteiger partial charge in [-0.3, -0.25) is 4.79 Å². The Hall–Kier alpha value is -2.60. The van der Waals surface area contributed by atoms with Crippen LogP contribution < -0.4 is 5.32 Å². The predicted octanol–water partition coefficient (Wildman–Crippen LogP) is 2.10. The number of amides is 1. The Balaban J connectivity index is 1.79. The number of aromatic amines is 1. The molecular formula is C16H17N3O3. The molecule has 6 nitrogen and oxygen atoms in total. The number of carbonyl (C=O) groups excluding carboxylic acids is 1. The van der Waals surface area contributed by atoms with Gasteiger partial charge in [0.1, 0.15) is 22.7 Å². The van der Waals surface area contributed by atoms with Crippen molar-refractivity contribution in [3.8, 4) is 0 Å². The molecular weight excluding hydrogens is 282 g/mol. The lowest BCUT2D eigenvalue weighted by atomic mass is 10.0. The van der Waals surface area contributed by atoms with Crippen molar-refractivity contribution >= 4 is 16.9 Å². The highest BCUT2D eigenvalue weighted by Gasteiger charge is 2.27. The number of nitrogens with one attached hydrogen (secondary N) is 2. The fourth-order valence-corrected chi connectivity index (χ4v) is 2.36. The summed E-state index contributed by atoms with van der Waals surface area (Å²) in [7, 11) is 0. The zero-order valence-electron chi connectivity index (χ0n) is 12.4. The van der Waals surface area contributed by atoms with E-state index in [-0.39, 0.29) is 12.5 Å². The van der Waals surface area contributed by atoms with Gasteiger partial charge in [-0.1, -0.05) is 6.07 Å². The Labute approximate surface area is 127 Å². The van der Waals surface area contributed by atoms with Crippen LogP contribution in [-0.4, -0.2) is 27.5 Å². The highest BCUT2D eigenvalue weighted by Crippen LogP contribution is 2.21. The molecule has 1 aromatic carbocycles. The molecule has 0 bridgehead atoms. The van der Waals surface area contributed by atoms with E-state index in [0.29, 0.717) is 16.8 Å². The lowest BCUT2D eigenvalue weighted by molar-refractivity contribution is 0.0330. The lowest BCUT2D eigenvalue weighted by Gasteiger charge is -2.21. The van der Waals surface area contributed by atoms with Crippen LogP contribution in [0.1, 0.15) is 28.9 Å². The third kappa shape index (κ3) is 2.60. The highest BCUT2D eigenvalue weighted by molar-refractivity contribution is 6.04. The van der Waals surface area contributed by atoms with E-state index >= 15 is 0 Å². The lowest BCUT2D eigenvalue weighted by Crippen LogP contribution is -2.38. The molecule has 3 aromatic rings. The average molecular weight is 299 g/mol. The van der Waals surface area contributed by atoms with Crippen LogP contribution in [0.5, 0.6) is 0 Å². The summed E-state index contributed by atoms with van der Waals surface area (Å²) in [5.74, 6) is 0.864. The molecule has 0 aliphatic heterocycles. The second-order valence-electron chi connectivity index (χ2n) is 5.46. The molecule has 0 saturated carbocycles. The second-order valence-corrected chi connectivity index (χ2v) is 5.46. The van der Waals surface area contributed by atoms with E-state index in [9.17, 15) is 9.90 Å². The van der Waals surface area contributed by atoms with Gasteiger partial charge >= 0.3 is 0 Å². The summed E-state index contributed by atoms with van der Waals surface area (Å²) < 4.78 is 5.19. The summed E-state index contributed by atoms with van der Waals surface area (Å²) in [4.78, 5) is 19.8. The highest BCUT2D eigenvalue weighted by atomic mass is 16.4. The number of nitrogens with zero attached hydrogens (tertiary/aromatic N) is 1. The smallest absolute Gasteiger partial charge is 0.253 e. The van der Waals surface area contributed by atoms with Gasteiger partial charge in [0.15, 0.2) is 0 Å². The fraction of sp³-hybridized carbons (Fsp3) is 0.250. The summed E-state index contributed by atoms with van der Waals surface area (Å²) in [6.45, 7) is 3.47. The van der Waals surface area contributed by atoms with Crippen LogP contribution >= 0.6 is 0 Å². The molecule has 2 heterocycles. The van der Waals surface area contributed by atoms with Crippen molar-refractivity contribution in [2.75, 3.05) is 6.54 Å². The van der Waals surface area contributed by atoms with Gasteiger partial charge in [-0.2, -0.15) is 0 Å². The summed E-state index contributed by atoms with van der Waals surface area (Å²) in [5.41, 5.74) is 0.629. The van der Waals surface area contributed by atoms with E-state index in [1.165, 1.54) is 6.26 Å². The molecule has 2 aromatic heterocycles. The van der Waals surface area contributed by atoms with Crippen LogP contribution in [0.25, 0.3) is 11.0 Å². The molecule has 0 fully saturated rings. The molecule has 114 valence electrons. The maximum Gasteiger partial charge on any atom is 0.253 e. The van der Waals surface area contributed by atoms with Crippen LogP contribution in [0.3, 0.4) is 0 Å². The zero-order chi connectivity index (χ0) is 15.7. The fourth-order valence-electron chi connectivity index (χ4n) is 2.36. The quantitative estimate of drug-likeness (QED) is 0.688. The first kappa shape index (κ1) is 14.3. The number of aromatic nitrogens is 2. The van der Waals surface area contributed by atoms with E-state index in [2.05, 4.69) is 15.3 Å². The van der Waals surface area contributed by atoms with Crippen LogP contribution in [0, 0.1) is 6.92 Å². The average Bonchev–Trinajstić information content (AvgIpc) is 3.12. The molecule has 0 radical (unpaired) electrons. The largest absolute Gasteiger partial charge is 0.466 e. The van der Waals surface area contributed by atoms with Gasteiger partial charge < -0.3 is 19.8 Å². The minimum atomic E-state index is -1.27. The number of fused-ring (bicyclic) bond motifs is 1. The Morgan fingerprint density at radius 1 is 1.41 bits per heavy atom. The molecule has 0 saturated heterocycles. The molecule has 0 spiro atoms. The number of aryl methyl sites for hydroxylation is 1. The van der Waals surface area contributed by atoms with E-state index in [1.54, 1.807) is 31.2 Å². The standard InChI is InChI=1S/C16H17N3O3/c1-10-18-12-6-3-5-11(14(12)19-10)15(20)17-9-16(2,21)13-7-4-8-22-13/h3-8,21H,9H2,1-2H3,(H,17,20)(H,18,19). The van der Waals surface area contributed by atoms with Crippen molar-refractivity contribution < 1.29 is 14.3 Å². The maximum atomic E-state index is 12.4. The number of furan rings is 1. The number of rotatable bonds is 4. The number of carbonyl (C=O) groups is 1.